The summed E-state index contributed by atoms with van der Waals surface area (Å²) in [4.78, 5) is 12.0. The molecule has 0 amide bonds. The first-order valence-electron chi connectivity index (χ1n) is 4.44. The molecule has 0 saturated carbocycles. The Morgan fingerprint density at radius 1 is 1.67 bits per heavy atom. The van der Waals surface area contributed by atoms with Gasteiger partial charge in [-0.1, -0.05) is 0 Å². The van der Waals surface area contributed by atoms with Gasteiger partial charge in [-0.2, -0.15) is 0 Å². The predicted octanol–water partition coefficient (Wildman–Crippen LogP) is 2.67. The Balaban J connectivity index is 2.95. The third-order valence-electron chi connectivity index (χ3n) is 1.69. The molecule has 4 heteroatoms. The van der Waals surface area contributed by atoms with Crippen molar-refractivity contribution in [2.75, 3.05) is 5.88 Å². The van der Waals surface area contributed by atoms with E-state index in [0.717, 1.165) is 11.1 Å². The number of halogens is 1. The lowest BCUT2D eigenvalue weighted by Gasteiger charge is -1.97. The molecule has 1 rings (SSSR count). The summed E-state index contributed by atoms with van der Waals surface area (Å²) in [6.45, 7) is 5.37. The number of nitrogens with zero attached hydrogens (tertiary/aromatic N) is 3. The average molecular weight is 222 g/mol. The Morgan fingerprint density at radius 3 is 3.00 bits per heavy atom. The van der Waals surface area contributed by atoms with Gasteiger partial charge < -0.3 is 0 Å². The first-order chi connectivity index (χ1) is 7.27. The molecule has 0 N–H and O–H groups in total. The maximum Gasteiger partial charge on any atom is 0.160 e. The molecule has 0 saturated heterocycles. The van der Waals surface area contributed by atoms with Gasteiger partial charge >= 0.3 is 0 Å². The van der Waals surface area contributed by atoms with Crippen molar-refractivity contribution in [1.29, 1.82) is 0 Å². The van der Waals surface area contributed by atoms with Crippen LogP contribution in [0, 0.1) is 0 Å². The Hall–Kier alpha value is -1.48. The molecule has 1 heterocycles. The van der Waals surface area contributed by atoms with Gasteiger partial charge in [0, 0.05) is 30.0 Å². The quantitative estimate of drug-likeness (QED) is 0.439. The topological polar surface area (TPSA) is 37.6 Å². The van der Waals surface area contributed by atoms with E-state index in [0.29, 0.717) is 11.7 Å². The zero-order valence-corrected chi connectivity index (χ0v) is 9.28. The first kappa shape index (κ1) is 11.6. The van der Waals surface area contributed by atoms with Gasteiger partial charge in [0.2, 0.25) is 0 Å². The number of amidine groups is 1. The molecule has 0 fully saturated rings. The van der Waals surface area contributed by atoms with Crippen LogP contribution >= 0.6 is 11.6 Å². The highest BCUT2D eigenvalue weighted by Gasteiger charge is 1.98. The van der Waals surface area contributed by atoms with E-state index in [9.17, 15) is 0 Å². The third-order valence-corrected chi connectivity index (χ3v) is 2.11. The summed E-state index contributed by atoms with van der Waals surface area (Å²) >= 11 is 5.63. The highest BCUT2D eigenvalue weighted by molar-refractivity contribution is 6.19. The van der Waals surface area contributed by atoms with E-state index in [2.05, 4.69) is 21.7 Å². The molecule has 1 aromatic heterocycles. The van der Waals surface area contributed by atoms with E-state index in [1.165, 1.54) is 0 Å². The lowest BCUT2D eigenvalue weighted by molar-refractivity contribution is 1.29. The maximum absolute atomic E-state index is 5.63. The molecule has 3 nitrogen and oxygen atoms in total. The number of alkyl halides is 1. The summed E-state index contributed by atoms with van der Waals surface area (Å²) in [7, 11) is 0. The fourth-order valence-electron chi connectivity index (χ4n) is 0.908. The highest BCUT2D eigenvalue weighted by Crippen LogP contribution is 2.02. The Morgan fingerprint density at radius 2 is 2.47 bits per heavy atom. The van der Waals surface area contributed by atoms with Gasteiger partial charge in [-0.25, -0.2) is 9.98 Å². The predicted molar refractivity (Wildman–Crippen MR) is 64.8 cm³/mol. The maximum atomic E-state index is 5.63. The second-order valence-electron chi connectivity index (χ2n) is 2.96. The number of hydrogen-bond acceptors (Lipinski definition) is 2. The fraction of sp³-hybridized carbons (Fsp3) is 0.182. The van der Waals surface area contributed by atoms with Crippen molar-refractivity contribution in [2.24, 2.45) is 9.98 Å². The van der Waals surface area contributed by atoms with Gasteiger partial charge in [-0.05, 0) is 31.3 Å². The average Bonchev–Trinajstić information content (AvgIpc) is 2.31. The highest BCUT2D eigenvalue weighted by atomic mass is 35.5. The molecular weight excluding hydrogens is 210 g/mol. The zero-order valence-electron chi connectivity index (χ0n) is 8.52. The van der Waals surface area contributed by atoms with Crippen molar-refractivity contribution in [2.45, 2.75) is 6.92 Å². The second-order valence-corrected chi connectivity index (χ2v) is 3.23. The van der Waals surface area contributed by atoms with Crippen LogP contribution in [0.5, 0.6) is 0 Å². The second kappa shape index (κ2) is 6.09. The molecule has 0 aromatic carbocycles. The summed E-state index contributed by atoms with van der Waals surface area (Å²) < 4.78 is 0. The minimum absolute atomic E-state index is 0.459. The standard InChI is InChI=1S/C11H12ClN3/c1-9(6-12)7-15-11(13-2)10-4-3-5-14-8-10/h3-5,7-8H,2,6H2,1H3/b9-7+,15-11?. The van der Waals surface area contributed by atoms with Crippen LogP contribution in [0.15, 0.2) is 46.3 Å². The SMILES string of the molecule is C=NC(=N/C=C(\C)CCl)c1cccnc1. The number of aromatic nitrogens is 1. The lowest BCUT2D eigenvalue weighted by atomic mass is 10.2. The van der Waals surface area contributed by atoms with Crippen LogP contribution in [0.3, 0.4) is 0 Å². The largest absolute Gasteiger partial charge is 0.264 e. The fourth-order valence-corrected chi connectivity index (χ4v) is 0.977. The summed E-state index contributed by atoms with van der Waals surface area (Å²) in [6, 6.07) is 3.71. The van der Waals surface area contributed by atoms with E-state index in [1.54, 1.807) is 18.6 Å². The van der Waals surface area contributed by atoms with Crippen LogP contribution in [0.2, 0.25) is 0 Å². The summed E-state index contributed by atoms with van der Waals surface area (Å²) in [5.74, 6) is 1.01. The van der Waals surface area contributed by atoms with Crippen molar-refractivity contribution in [1.82, 2.24) is 4.98 Å². The minimum atomic E-state index is 0.459. The van der Waals surface area contributed by atoms with Gasteiger partial charge in [-0.15, -0.1) is 11.6 Å². The van der Waals surface area contributed by atoms with E-state index < -0.39 is 0 Å². The van der Waals surface area contributed by atoms with Crippen LogP contribution in [0.25, 0.3) is 0 Å². The van der Waals surface area contributed by atoms with Crippen molar-refractivity contribution in [3.05, 3.63) is 41.9 Å². The molecule has 0 aliphatic heterocycles. The lowest BCUT2D eigenvalue weighted by Crippen LogP contribution is -1.96. The van der Waals surface area contributed by atoms with E-state index in [-0.39, 0.29) is 0 Å². The minimum Gasteiger partial charge on any atom is -0.264 e. The van der Waals surface area contributed by atoms with E-state index in [1.807, 2.05) is 19.1 Å². The zero-order chi connectivity index (χ0) is 11.1. The smallest absolute Gasteiger partial charge is 0.160 e. The molecule has 0 aliphatic rings. The monoisotopic (exact) mass is 221 g/mol. The van der Waals surface area contributed by atoms with Crippen molar-refractivity contribution >= 4 is 24.2 Å². The normalized spacial score (nSPS) is 12.7. The molecule has 0 spiro atoms. The van der Waals surface area contributed by atoms with Crippen LogP contribution in [0.1, 0.15) is 12.5 Å². The first-order valence-corrected chi connectivity index (χ1v) is 4.98. The van der Waals surface area contributed by atoms with Gasteiger partial charge in [0.05, 0.1) is 0 Å². The summed E-state index contributed by atoms with van der Waals surface area (Å²) in [6.07, 6.45) is 5.07. The molecular formula is C11H12ClN3. The van der Waals surface area contributed by atoms with Crippen LogP contribution in [-0.4, -0.2) is 23.4 Å². The Labute approximate surface area is 94.2 Å². The van der Waals surface area contributed by atoms with Crippen molar-refractivity contribution in [3.63, 3.8) is 0 Å². The Kier molecular flexibility index (Phi) is 4.71. The number of pyridine rings is 1. The molecule has 0 radical (unpaired) electrons. The number of rotatable bonds is 3. The molecule has 0 bridgehead atoms. The summed E-state index contributed by atoms with van der Waals surface area (Å²) in [5, 5.41) is 0. The number of hydrogen-bond donors (Lipinski definition) is 0. The van der Waals surface area contributed by atoms with Crippen LogP contribution < -0.4 is 0 Å². The Bertz CT molecular complexity index is 382. The number of aliphatic imine (C=N–C) groups is 2. The van der Waals surface area contributed by atoms with Gasteiger partial charge in [0.1, 0.15) is 0 Å². The van der Waals surface area contributed by atoms with Gasteiger partial charge in [0.15, 0.2) is 5.84 Å². The van der Waals surface area contributed by atoms with Crippen molar-refractivity contribution < 1.29 is 0 Å². The molecule has 0 atom stereocenters. The third kappa shape index (κ3) is 3.64. The molecule has 78 valence electrons. The van der Waals surface area contributed by atoms with Crippen LogP contribution in [0.4, 0.5) is 0 Å². The van der Waals surface area contributed by atoms with Gasteiger partial charge in [0.25, 0.3) is 0 Å². The molecule has 1 aromatic rings. The van der Waals surface area contributed by atoms with E-state index in [4.69, 9.17) is 11.6 Å². The molecule has 15 heavy (non-hydrogen) atoms. The molecule has 0 aliphatic carbocycles. The van der Waals surface area contributed by atoms with E-state index >= 15 is 0 Å². The molecule has 0 unspecified atom stereocenters. The van der Waals surface area contributed by atoms with Gasteiger partial charge in [-0.3, -0.25) is 4.98 Å². The van der Waals surface area contributed by atoms with Crippen molar-refractivity contribution in [3.8, 4) is 0 Å². The number of allylic oxidation sites excluding steroid dienone is 1. The van der Waals surface area contributed by atoms with Crippen LogP contribution in [-0.2, 0) is 0 Å². The summed E-state index contributed by atoms with van der Waals surface area (Å²) in [5.41, 5.74) is 1.81.